The Hall–Kier alpha value is -3.18. The lowest BCUT2D eigenvalue weighted by Crippen LogP contribution is -2.49. The normalized spacial score (nSPS) is 14.0. The Morgan fingerprint density at radius 1 is 1.23 bits per heavy atom. The van der Waals surface area contributed by atoms with E-state index >= 15 is 0 Å². The van der Waals surface area contributed by atoms with E-state index in [0.717, 1.165) is 4.90 Å². The second-order valence-corrected chi connectivity index (χ2v) is 8.20. The summed E-state index contributed by atoms with van der Waals surface area (Å²) in [6.45, 7) is 6.46. The van der Waals surface area contributed by atoms with Crippen molar-refractivity contribution in [3.63, 3.8) is 0 Å². The molecule has 30 heavy (non-hydrogen) atoms. The number of anilines is 1. The van der Waals surface area contributed by atoms with E-state index < -0.39 is 0 Å². The topological polar surface area (TPSA) is 86.5 Å². The van der Waals surface area contributed by atoms with Crippen molar-refractivity contribution in [2.75, 3.05) is 36.8 Å². The van der Waals surface area contributed by atoms with E-state index in [1.807, 2.05) is 9.80 Å². The maximum atomic E-state index is 12.7. The lowest BCUT2D eigenvalue weighted by atomic mass is 10.2. The molecule has 4 rings (SSSR count). The van der Waals surface area contributed by atoms with E-state index in [2.05, 4.69) is 43.1 Å². The van der Waals surface area contributed by atoms with Crippen molar-refractivity contribution in [3.8, 4) is 17.7 Å². The number of nitriles is 1. The van der Waals surface area contributed by atoms with Gasteiger partial charge >= 0.3 is 0 Å². The first-order valence-corrected chi connectivity index (χ1v) is 10.7. The Balaban J connectivity index is 1.36. The van der Waals surface area contributed by atoms with Gasteiger partial charge in [0.05, 0.1) is 12.0 Å². The minimum absolute atomic E-state index is 0.119. The minimum atomic E-state index is 0.119. The number of nitrogens with zero attached hydrogens (tertiary/aromatic N) is 4. The molecule has 154 valence electrons. The number of carbonyl (C=O) groups excluding carboxylic acids is 1. The lowest BCUT2D eigenvalue weighted by Gasteiger charge is -2.34. The summed E-state index contributed by atoms with van der Waals surface area (Å²) >= 11 is 1.58. The third-order valence-electron chi connectivity index (χ3n) is 5.05. The van der Waals surface area contributed by atoms with Gasteiger partial charge in [-0.25, -0.2) is 0 Å². The molecule has 1 saturated heterocycles. The van der Waals surface area contributed by atoms with Crippen LogP contribution in [0.25, 0.3) is 11.7 Å². The molecule has 2 aromatic heterocycles. The fourth-order valence-electron chi connectivity index (χ4n) is 3.46. The maximum absolute atomic E-state index is 12.7. The highest BCUT2D eigenvalue weighted by Crippen LogP contribution is 2.29. The Morgan fingerprint density at radius 3 is 2.70 bits per heavy atom. The molecule has 3 aromatic rings. The number of carbonyl (C=O) groups is 1. The zero-order valence-electron chi connectivity index (χ0n) is 16.9. The van der Waals surface area contributed by atoms with Crippen LogP contribution in [0.3, 0.4) is 0 Å². The standard InChI is InChI=1S/C22H22N4O3S/c1-15-5-6-19(16(2)12-15)30-14-20(27)25-7-9-26(10-8-25)22-17(13-23)24-21(29-22)18-4-3-11-28-18/h3-6,11-12H,7-10,14H2,1-2H3. The molecule has 0 aliphatic carbocycles. The summed E-state index contributed by atoms with van der Waals surface area (Å²) in [5, 5.41) is 9.42. The minimum Gasteiger partial charge on any atom is -0.459 e. The highest BCUT2D eigenvalue weighted by Gasteiger charge is 2.27. The highest BCUT2D eigenvalue weighted by atomic mass is 32.2. The van der Waals surface area contributed by atoms with Crippen LogP contribution in [0.4, 0.5) is 5.88 Å². The molecular weight excluding hydrogens is 400 g/mol. The number of furan rings is 1. The van der Waals surface area contributed by atoms with Crippen LogP contribution in [-0.2, 0) is 4.79 Å². The molecule has 0 radical (unpaired) electrons. The van der Waals surface area contributed by atoms with Crippen molar-refractivity contribution in [2.24, 2.45) is 0 Å². The zero-order valence-corrected chi connectivity index (χ0v) is 17.7. The number of oxazole rings is 1. The molecule has 8 heteroatoms. The van der Waals surface area contributed by atoms with Crippen LogP contribution in [-0.4, -0.2) is 47.7 Å². The highest BCUT2D eigenvalue weighted by molar-refractivity contribution is 8.00. The van der Waals surface area contributed by atoms with E-state index in [-0.39, 0.29) is 17.5 Å². The van der Waals surface area contributed by atoms with Crippen LogP contribution in [0.2, 0.25) is 0 Å². The molecule has 1 aliphatic heterocycles. The molecule has 0 spiro atoms. The van der Waals surface area contributed by atoms with E-state index in [9.17, 15) is 10.1 Å². The van der Waals surface area contributed by atoms with Crippen molar-refractivity contribution in [2.45, 2.75) is 18.7 Å². The Kier molecular flexibility index (Phi) is 5.81. The van der Waals surface area contributed by atoms with Gasteiger partial charge in [-0.1, -0.05) is 17.7 Å². The Morgan fingerprint density at radius 2 is 2.03 bits per heavy atom. The van der Waals surface area contributed by atoms with Gasteiger partial charge in [0.2, 0.25) is 17.5 Å². The average molecular weight is 423 g/mol. The summed E-state index contributed by atoms with van der Waals surface area (Å²) in [5.74, 6) is 1.73. The van der Waals surface area contributed by atoms with Crippen molar-refractivity contribution in [1.82, 2.24) is 9.88 Å². The van der Waals surface area contributed by atoms with E-state index in [1.54, 1.807) is 23.9 Å². The van der Waals surface area contributed by atoms with Crippen molar-refractivity contribution in [3.05, 3.63) is 53.4 Å². The molecule has 0 unspecified atom stereocenters. The largest absolute Gasteiger partial charge is 0.459 e. The SMILES string of the molecule is Cc1ccc(SCC(=O)N2CCN(c3oc(-c4ccco4)nc3C#N)CC2)c(C)c1. The third-order valence-corrected chi connectivity index (χ3v) is 6.21. The first-order valence-electron chi connectivity index (χ1n) is 9.72. The fourth-order valence-corrected chi connectivity index (χ4v) is 4.37. The number of rotatable bonds is 5. The monoisotopic (exact) mass is 422 g/mol. The summed E-state index contributed by atoms with van der Waals surface area (Å²) < 4.78 is 11.1. The molecule has 1 fully saturated rings. The van der Waals surface area contributed by atoms with Gasteiger partial charge in [0, 0.05) is 31.1 Å². The van der Waals surface area contributed by atoms with Gasteiger partial charge in [0.15, 0.2) is 5.76 Å². The molecule has 3 heterocycles. The molecule has 0 bridgehead atoms. The molecule has 0 saturated carbocycles. The summed E-state index contributed by atoms with van der Waals surface area (Å²) in [6.07, 6.45) is 1.53. The Bertz CT molecular complexity index is 1080. The Labute approximate surface area is 179 Å². The number of amides is 1. The summed E-state index contributed by atoms with van der Waals surface area (Å²) in [6, 6.07) is 11.8. The van der Waals surface area contributed by atoms with Crippen molar-refractivity contribution < 1.29 is 13.6 Å². The first-order chi connectivity index (χ1) is 14.5. The molecule has 1 aliphatic rings. The number of hydrogen-bond acceptors (Lipinski definition) is 7. The predicted octanol–water partition coefficient (Wildman–Crippen LogP) is 3.86. The van der Waals surface area contributed by atoms with Crippen molar-refractivity contribution >= 4 is 23.6 Å². The molecule has 1 amide bonds. The van der Waals surface area contributed by atoms with Crippen molar-refractivity contribution in [1.29, 1.82) is 5.26 Å². The van der Waals surface area contributed by atoms with Gasteiger partial charge in [-0.05, 0) is 37.6 Å². The molecular formula is C22H22N4O3S. The van der Waals surface area contributed by atoms with Gasteiger partial charge in [-0.15, -0.1) is 11.8 Å². The number of benzene rings is 1. The summed E-state index contributed by atoms with van der Waals surface area (Å²) in [5.41, 5.74) is 2.64. The predicted molar refractivity (Wildman–Crippen MR) is 114 cm³/mol. The van der Waals surface area contributed by atoms with E-state index in [0.29, 0.717) is 43.6 Å². The van der Waals surface area contributed by atoms with Crippen LogP contribution in [0, 0.1) is 25.2 Å². The molecule has 0 atom stereocenters. The summed E-state index contributed by atoms with van der Waals surface area (Å²) in [4.78, 5) is 21.9. The van der Waals surface area contributed by atoms with E-state index in [4.69, 9.17) is 8.83 Å². The van der Waals surface area contributed by atoms with Gasteiger partial charge in [0.25, 0.3) is 5.89 Å². The van der Waals surface area contributed by atoms with Crippen LogP contribution >= 0.6 is 11.8 Å². The molecule has 1 aromatic carbocycles. The maximum Gasteiger partial charge on any atom is 0.266 e. The smallest absolute Gasteiger partial charge is 0.266 e. The zero-order chi connectivity index (χ0) is 21.1. The second-order valence-electron chi connectivity index (χ2n) is 7.19. The first kappa shape index (κ1) is 20.1. The lowest BCUT2D eigenvalue weighted by molar-refractivity contribution is -0.128. The quantitative estimate of drug-likeness (QED) is 0.577. The van der Waals surface area contributed by atoms with Crippen LogP contribution in [0.5, 0.6) is 0 Å². The van der Waals surface area contributed by atoms with Crippen LogP contribution < -0.4 is 4.90 Å². The van der Waals surface area contributed by atoms with Gasteiger partial charge in [-0.3, -0.25) is 4.79 Å². The summed E-state index contributed by atoms with van der Waals surface area (Å²) in [7, 11) is 0. The number of aromatic nitrogens is 1. The average Bonchev–Trinajstić information content (AvgIpc) is 3.42. The van der Waals surface area contributed by atoms with Crippen LogP contribution in [0.1, 0.15) is 16.8 Å². The van der Waals surface area contributed by atoms with Gasteiger partial charge < -0.3 is 18.6 Å². The molecule has 7 nitrogen and oxygen atoms in total. The number of aryl methyl sites for hydroxylation is 2. The van der Waals surface area contributed by atoms with Gasteiger partial charge in [-0.2, -0.15) is 10.2 Å². The third kappa shape index (κ3) is 4.21. The second kappa shape index (κ2) is 8.67. The molecule has 0 N–H and O–H groups in total. The fraction of sp³-hybridized carbons (Fsp3) is 0.318. The van der Waals surface area contributed by atoms with Gasteiger partial charge in [0.1, 0.15) is 6.07 Å². The van der Waals surface area contributed by atoms with E-state index in [1.165, 1.54) is 17.4 Å². The number of piperazine rings is 1. The number of hydrogen-bond donors (Lipinski definition) is 0. The number of thioether (sulfide) groups is 1. The van der Waals surface area contributed by atoms with Crippen LogP contribution in [0.15, 0.2) is 50.3 Å².